The molecule has 5 heteroatoms. The van der Waals surface area contributed by atoms with Gasteiger partial charge in [0.05, 0.1) is 24.6 Å². The SMILES string of the molecule is O=C(CC1CNCCO1)NCCc1cccc2cccnc12. The van der Waals surface area contributed by atoms with Crippen LogP contribution in [0.5, 0.6) is 0 Å². The lowest BCUT2D eigenvalue weighted by molar-refractivity contribution is -0.124. The van der Waals surface area contributed by atoms with Gasteiger partial charge in [0, 0.05) is 31.2 Å². The third-order valence-corrected chi connectivity index (χ3v) is 3.85. The predicted octanol–water partition coefficient (Wildman–Crippen LogP) is 1.27. The molecule has 22 heavy (non-hydrogen) atoms. The molecule has 0 saturated carbocycles. The molecular weight excluding hydrogens is 278 g/mol. The maximum absolute atomic E-state index is 11.9. The smallest absolute Gasteiger partial charge is 0.222 e. The Kier molecular flexibility index (Phi) is 4.98. The summed E-state index contributed by atoms with van der Waals surface area (Å²) in [5, 5.41) is 7.33. The molecule has 1 aromatic heterocycles. The molecule has 1 amide bonds. The van der Waals surface area contributed by atoms with E-state index in [1.165, 1.54) is 0 Å². The summed E-state index contributed by atoms with van der Waals surface area (Å²) in [6.45, 7) is 2.92. The van der Waals surface area contributed by atoms with E-state index in [2.05, 4.69) is 33.8 Å². The maximum Gasteiger partial charge on any atom is 0.222 e. The number of ether oxygens (including phenoxy) is 1. The van der Waals surface area contributed by atoms with Crippen molar-refractivity contribution in [3.63, 3.8) is 0 Å². The number of aromatic nitrogens is 1. The summed E-state index contributed by atoms with van der Waals surface area (Å²) in [7, 11) is 0. The quantitative estimate of drug-likeness (QED) is 0.873. The third-order valence-electron chi connectivity index (χ3n) is 3.85. The zero-order chi connectivity index (χ0) is 15.2. The molecule has 3 rings (SSSR count). The monoisotopic (exact) mass is 299 g/mol. The van der Waals surface area contributed by atoms with Gasteiger partial charge in [0.1, 0.15) is 0 Å². The number of nitrogens with zero attached hydrogens (tertiary/aromatic N) is 1. The highest BCUT2D eigenvalue weighted by atomic mass is 16.5. The first-order chi connectivity index (χ1) is 10.8. The summed E-state index contributed by atoms with van der Waals surface area (Å²) in [6.07, 6.45) is 3.00. The molecule has 2 aromatic rings. The van der Waals surface area contributed by atoms with Crippen LogP contribution in [-0.4, -0.2) is 43.2 Å². The first kappa shape index (κ1) is 14.9. The topological polar surface area (TPSA) is 63.2 Å². The molecule has 0 bridgehead atoms. The number of hydrogen-bond acceptors (Lipinski definition) is 4. The molecular formula is C17H21N3O2. The highest BCUT2D eigenvalue weighted by Crippen LogP contribution is 2.16. The number of para-hydroxylation sites is 1. The first-order valence-electron chi connectivity index (χ1n) is 7.74. The normalized spacial score (nSPS) is 18.3. The number of rotatable bonds is 5. The number of nitrogens with one attached hydrogen (secondary N) is 2. The van der Waals surface area contributed by atoms with Crippen molar-refractivity contribution < 1.29 is 9.53 Å². The standard InChI is InChI=1S/C17H21N3O2/c21-16(11-15-12-18-9-10-22-15)19-8-6-14-4-1-3-13-5-2-7-20-17(13)14/h1-5,7,15,18H,6,8-12H2,(H,19,21). The van der Waals surface area contributed by atoms with E-state index in [0.717, 1.165) is 36.0 Å². The number of carbonyl (C=O) groups excluding carboxylic acids is 1. The van der Waals surface area contributed by atoms with Gasteiger partial charge in [-0.1, -0.05) is 24.3 Å². The van der Waals surface area contributed by atoms with Crippen molar-refractivity contribution in [3.05, 3.63) is 42.1 Å². The van der Waals surface area contributed by atoms with Gasteiger partial charge < -0.3 is 15.4 Å². The van der Waals surface area contributed by atoms with E-state index < -0.39 is 0 Å². The number of hydrogen-bond donors (Lipinski definition) is 2. The van der Waals surface area contributed by atoms with Crippen molar-refractivity contribution in [3.8, 4) is 0 Å². The van der Waals surface area contributed by atoms with Gasteiger partial charge in [-0.2, -0.15) is 0 Å². The van der Waals surface area contributed by atoms with Crippen molar-refractivity contribution in [2.75, 3.05) is 26.2 Å². The fourth-order valence-corrected chi connectivity index (χ4v) is 2.74. The second-order valence-electron chi connectivity index (χ2n) is 5.49. The number of pyridine rings is 1. The lowest BCUT2D eigenvalue weighted by Crippen LogP contribution is -2.41. The van der Waals surface area contributed by atoms with Gasteiger partial charge in [-0.15, -0.1) is 0 Å². The summed E-state index contributed by atoms with van der Waals surface area (Å²) >= 11 is 0. The summed E-state index contributed by atoms with van der Waals surface area (Å²) < 4.78 is 5.54. The fourth-order valence-electron chi connectivity index (χ4n) is 2.74. The molecule has 1 atom stereocenters. The lowest BCUT2D eigenvalue weighted by Gasteiger charge is -2.23. The summed E-state index contributed by atoms with van der Waals surface area (Å²) in [5.41, 5.74) is 2.17. The van der Waals surface area contributed by atoms with Crippen molar-refractivity contribution in [1.82, 2.24) is 15.6 Å². The molecule has 1 saturated heterocycles. The molecule has 1 aromatic carbocycles. The molecule has 2 heterocycles. The van der Waals surface area contributed by atoms with Crippen LogP contribution in [0.15, 0.2) is 36.5 Å². The minimum Gasteiger partial charge on any atom is -0.375 e. The molecule has 0 aliphatic carbocycles. The minimum atomic E-state index is -0.00651. The molecule has 1 aliphatic rings. The zero-order valence-electron chi connectivity index (χ0n) is 12.5. The molecule has 1 aliphatic heterocycles. The van der Waals surface area contributed by atoms with E-state index in [0.29, 0.717) is 19.6 Å². The van der Waals surface area contributed by atoms with Crippen LogP contribution in [0.3, 0.4) is 0 Å². The van der Waals surface area contributed by atoms with Gasteiger partial charge >= 0.3 is 0 Å². The fraction of sp³-hybridized carbons (Fsp3) is 0.412. The van der Waals surface area contributed by atoms with Crippen molar-refractivity contribution in [2.24, 2.45) is 0 Å². The first-order valence-corrected chi connectivity index (χ1v) is 7.74. The Morgan fingerprint density at radius 3 is 3.14 bits per heavy atom. The van der Waals surface area contributed by atoms with E-state index in [4.69, 9.17) is 4.74 Å². The molecule has 5 nitrogen and oxygen atoms in total. The molecule has 0 radical (unpaired) electrons. The van der Waals surface area contributed by atoms with Crippen molar-refractivity contribution in [1.29, 1.82) is 0 Å². The second-order valence-corrected chi connectivity index (χ2v) is 5.49. The molecule has 116 valence electrons. The zero-order valence-corrected chi connectivity index (χ0v) is 12.5. The minimum absolute atomic E-state index is 0.00651. The van der Waals surface area contributed by atoms with Gasteiger partial charge in [-0.05, 0) is 18.1 Å². The largest absolute Gasteiger partial charge is 0.375 e. The van der Waals surface area contributed by atoms with Crippen LogP contribution >= 0.6 is 0 Å². The van der Waals surface area contributed by atoms with Crippen LogP contribution in [0.4, 0.5) is 0 Å². The Hall–Kier alpha value is -1.98. The average molecular weight is 299 g/mol. The second kappa shape index (κ2) is 7.33. The number of morpholine rings is 1. The Morgan fingerprint density at radius 2 is 2.27 bits per heavy atom. The van der Waals surface area contributed by atoms with Crippen LogP contribution in [0.25, 0.3) is 10.9 Å². The molecule has 2 N–H and O–H groups in total. The molecule has 0 spiro atoms. The van der Waals surface area contributed by atoms with Gasteiger partial charge in [-0.25, -0.2) is 0 Å². The maximum atomic E-state index is 11.9. The van der Waals surface area contributed by atoms with Gasteiger partial charge in [0.25, 0.3) is 0 Å². The summed E-state index contributed by atoms with van der Waals surface area (Å²) in [6, 6.07) is 10.1. The summed E-state index contributed by atoms with van der Waals surface area (Å²) in [5.74, 6) is 0.0434. The highest BCUT2D eigenvalue weighted by molar-refractivity contribution is 5.81. The Labute approximate surface area is 130 Å². The Bertz CT molecular complexity index is 633. The van der Waals surface area contributed by atoms with E-state index >= 15 is 0 Å². The van der Waals surface area contributed by atoms with E-state index in [9.17, 15) is 4.79 Å². The van der Waals surface area contributed by atoms with Crippen molar-refractivity contribution in [2.45, 2.75) is 18.9 Å². The van der Waals surface area contributed by atoms with Gasteiger partial charge in [0.2, 0.25) is 5.91 Å². The summed E-state index contributed by atoms with van der Waals surface area (Å²) in [4.78, 5) is 16.4. The third kappa shape index (κ3) is 3.81. The highest BCUT2D eigenvalue weighted by Gasteiger charge is 2.16. The Morgan fingerprint density at radius 1 is 1.36 bits per heavy atom. The predicted molar refractivity (Wildman–Crippen MR) is 85.7 cm³/mol. The van der Waals surface area contributed by atoms with Gasteiger partial charge in [0.15, 0.2) is 0 Å². The van der Waals surface area contributed by atoms with Crippen LogP contribution in [0, 0.1) is 0 Å². The van der Waals surface area contributed by atoms with E-state index in [-0.39, 0.29) is 12.0 Å². The van der Waals surface area contributed by atoms with Gasteiger partial charge in [-0.3, -0.25) is 9.78 Å². The van der Waals surface area contributed by atoms with Crippen LogP contribution < -0.4 is 10.6 Å². The van der Waals surface area contributed by atoms with E-state index in [1.807, 2.05) is 12.1 Å². The van der Waals surface area contributed by atoms with Crippen LogP contribution in [0.1, 0.15) is 12.0 Å². The Balaban J connectivity index is 1.50. The molecule has 1 fully saturated rings. The number of amides is 1. The number of carbonyl (C=O) groups is 1. The van der Waals surface area contributed by atoms with E-state index in [1.54, 1.807) is 6.20 Å². The van der Waals surface area contributed by atoms with Crippen LogP contribution in [0.2, 0.25) is 0 Å². The van der Waals surface area contributed by atoms with Crippen LogP contribution in [-0.2, 0) is 16.0 Å². The number of benzene rings is 1. The molecule has 1 unspecified atom stereocenters. The lowest BCUT2D eigenvalue weighted by atomic mass is 10.1. The number of fused-ring (bicyclic) bond motifs is 1. The average Bonchev–Trinajstić information content (AvgIpc) is 2.56. The van der Waals surface area contributed by atoms with Crippen molar-refractivity contribution >= 4 is 16.8 Å².